The maximum Gasteiger partial charge on any atom is 0.187 e. The molecule has 0 rings (SSSR count). The van der Waals surface area contributed by atoms with Crippen molar-refractivity contribution in [2.75, 3.05) is 0 Å². The van der Waals surface area contributed by atoms with Gasteiger partial charge < -0.3 is 11.5 Å². The van der Waals surface area contributed by atoms with Crippen molar-refractivity contribution in [3.05, 3.63) is 0 Å². The smallest absolute Gasteiger partial charge is 0.187 e. The van der Waals surface area contributed by atoms with Gasteiger partial charge in [-0.2, -0.15) is 0 Å². The van der Waals surface area contributed by atoms with Crippen LogP contribution in [0.1, 0.15) is 0 Å². The van der Waals surface area contributed by atoms with Gasteiger partial charge in [0.1, 0.15) is 0 Å². The van der Waals surface area contributed by atoms with Crippen molar-refractivity contribution in [2.45, 2.75) is 26.2 Å². The number of hydrogen-bond acceptors (Lipinski definition) is 2. The zero-order chi connectivity index (χ0) is 10.3. The molecule has 0 bridgehead atoms. The van der Waals surface area contributed by atoms with Crippen LogP contribution in [0.3, 0.4) is 0 Å². The molecule has 0 aliphatic rings. The second kappa shape index (κ2) is 9.98. The molecule has 0 heterocycles. The first-order valence-corrected chi connectivity index (χ1v) is 8.49. The minimum atomic E-state index is -0.813. The van der Waals surface area contributed by atoms with E-state index in [2.05, 4.69) is 0 Å². The van der Waals surface area contributed by atoms with Crippen molar-refractivity contribution in [2.24, 2.45) is 11.5 Å². The fraction of sp³-hybridized carbons (Fsp3) is 0.667. The van der Waals surface area contributed by atoms with Crippen molar-refractivity contribution in [3.8, 4) is 0 Å². The summed E-state index contributed by atoms with van der Waals surface area (Å²) in [6.07, 6.45) is 0. The summed E-state index contributed by atoms with van der Waals surface area (Å²) < 4.78 is 0. The van der Waals surface area contributed by atoms with E-state index in [1.54, 1.807) is 0 Å². The maximum absolute atomic E-state index is 9.97. The van der Waals surface area contributed by atoms with Gasteiger partial charge in [-0.3, -0.25) is 9.59 Å². The van der Waals surface area contributed by atoms with Gasteiger partial charge in [0.25, 0.3) is 0 Å². The third kappa shape index (κ3) is 18.7. The summed E-state index contributed by atoms with van der Waals surface area (Å²) in [7, 11) is -1.63. The molecule has 0 aliphatic carbocycles. The average Bonchev–Trinajstić information content (AvgIpc) is 1.88. The molecule has 0 atom stereocenters. The standard InChI is InChI=1S/2C3H8NOSi.Cu/c2*1-6(2)3(4)5;/h2*1-2H3,(H2,4,5);. The molecule has 0 aromatic carbocycles. The Hall–Kier alpha value is -0.107. The summed E-state index contributed by atoms with van der Waals surface area (Å²) in [6.45, 7) is 7.47. The maximum atomic E-state index is 9.97. The van der Waals surface area contributed by atoms with Crippen LogP contribution in [-0.4, -0.2) is 28.7 Å². The largest absolute Gasteiger partial charge is 0.374 e. The molecule has 4 N–H and O–H groups in total. The van der Waals surface area contributed by atoms with Gasteiger partial charge in [-0.05, 0) is 0 Å². The summed E-state index contributed by atoms with van der Waals surface area (Å²) in [5, 5.41) is 0. The average molecular weight is 268 g/mol. The topological polar surface area (TPSA) is 86.2 Å². The van der Waals surface area contributed by atoms with Crippen LogP contribution in [0.4, 0.5) is 9.59 Å². The molecule has 0 aliphatic heterocycles. The number of primary amides is 2. The molecule has 0 aromatic heterocycles. The Bertz CT molecular complexity index is 147. The molecular formula is C6H16CuN2O2Si2. The zero-order valence-corrected chi connectivity index (χ0v) is 11.2. The van der Waals surface area contributed by atoms with E-state index in [4.69, 9.17) is 11.5 Å². The van der Waals surface area contributed by atoms with E-state index in [1.165, 1.54) is 0 Å². The van der Waals surface area contributed by atoms with Crippen LogP contribution in [0.15, 0.2) is 0 Å². The van der Waals surface area contributed by atoms with E-state index in [0.29, 0.717) is 0 Å². The molecule has 0 saturated carbocycles. The zero-order valence-electron chi connectivity index (χ0n) is 8.27. The van der Waals surface area contributed by atoms with E-state index in [-0.39, 0.29) is 28.1 Å². The van der Waals surface area contributed by atoms with Crippen LogP contribution < -0.4 is 11.5 Å². The Morgan fingerprint density at radius 1 is 0.846 bits per heavy atom. The minimum absolute atomic E-state index is 0. The first-order valence-electron chi connectivity index (χ1n) is 3.49. The molecule has 7 heteroatoms. The second-order valence-corrected chi connectivity index (χ2v) is 7.71. The van der Waals surface area contributed by atoms with Crippen LogP contribution >= 0.6 is 0 Å². The second-order valence-electron chi connectivity index (χ2n) is 2.73. The molecular weight excluding hydrogens is 252 g/mol. The predicted molar refractivity (Wildman–Crippen MR) is 54.1 cm³/mol. The van der Waals surface area contributed by atoms with Gasteiger partial charge in [0, 0.05) is 17.1 Å². The van der Waals surface area contributed by atoms with Crippen molar-refractivity contribution in [3.63, 3.8) is 0 Å². The SMILES string of the molecule is C[Si](C)C(N)=O.C[Si](C)C(N)=O.[Cu]. The first kappa shape index (κ1) is 18.6. The molecule has 0 spiro atoms. The van der Waals surface area contributed by atoms with Gasteiger partial charge in [-0.15, -0.1) is 0 Å². The summed E-state index contributed by atoms with van der Waals surface area (Å²) in [5.74, 6) is 0. The van der Waals surface area contributed by atoms with E-state index in [0.717, 1.165) is 0 Å². The molecule has 2 amide bonds. The van der Waals surface area contributed by atoms with Crippen molar-refractivity contribution < 1.29 is 26.7 Å². The molecule has 0 fully saturated rings. The minimum Gasteiger partial charge on any atom is -0.374 e. The summed E-state index contributed by atoms with van der Waals surface area (Å²) in [5.41, 5.74) is 9.41. The van der Waals surface area contributed by atoms with Gasteiger partial charge in [-0.25, -0.2) is 0 Å². The Balaban J connectivity index is -0.000000143. The Labute approximate surface area is 93.1 Å². The first-order chi connectivity index (χ1) is 5.29. The summed E-state index contributed by atoms with van der Waals surface area (Å²) in [6, 6.07) is 0. The summed E-state index contributed by atoms with van der Waals surface area (Å²) in [4.78, 5) is 19.9. The monoisotopic (exact) mass is 267 g/mol. The van der Waals surface area contributed by atoms with Gasteiger partial charge in [0.05, 0.1) is 0 Å². The van der Waals surface area contributed by atoms with Crippen LogP contribution in [0.25, 0.3) is 0 Å². The molecule has 13 heavy (non-hydrogen) atoms. The Kier molecular flexibility index (Phi) is 14.3. The van der Waals surface area contributed by atoms with Crippen molar-refractivity contribution in [1.82, 2.24) is 0 Å². The molecule has 0 saturated heterocycles. The number of rotatable bonds is 2. The molecule has 4 nitrogen and oxygen atoms in total. The van der Waals surface area contributed by atoms with E-state index in [1.807, 2.05) is 26.2 Å². The van der Waals surface area contributed by atoms with Crippen molar-refractivity contribution >= 4 is 28.7 Å². The Morgan fingerprint density at radius 3 is 0.923 bits per heavy atom. The predicted octanol–water partition coefficient (Wildman–Crippen LogP) is 0.800. The van der Waals surface area contributed by atoms with Gasteiger partial charge in [0.15, 0.2) is 28.7 Å². The van der Waals surface area contributed by atoms with E-state index < -0.39 is 17.6 Å². The van der Waals surface area contributed by atoms with Crippen LogP contribution in [-0.2, 0) is 17.1 Å². The molecule has 0 unspecified atom stereocenters. The number of nitrogens with two attached hydrogens (primary N) is 2. The molecule has 3 radical (unpaired) electrons. The van der Waals surface area contributed by atoms with Crippen molar-refractivity contribution in [1.29, 1.82) is 0 Å². The Morgan fingerprint density at radius 2 is 0.923 bits per heavy atom. The number of carbonyl (C=O) groups excluding carboxylic acids is 2. The number of hydrogen-bond donors (Lipinski definition) is 2. The van der Waals surface area contributed by atoms with Gasteiger partial charge >= 0.3 is 0 Å². The van der Waals surface area contributed by atoms with Gasteiger partial charge in [-0.1, -0.05) is 26.2 Å². The number of carbonyl (C=O) groups is 2. The van der Waals surface area contributed by atoms with Crippen LogP contribution in [0.5, 0.6) is 0 Å². The molecule has 0 aromatic rings. The third-order valence-corrected chi connectivity index (χ3v) is 2.96. The van der Waals surface area contributed by atoms with Crippen LogP contribution in [0, 0.1) is 0 Å². The normalized spacial score (nSPS) is 8.46. The summed E-state index contributed by atoms with van der Waals surface area (Å²) >= 11 is 0. The fourth-order valence-corrected chi connectivity index (χ4v) is 0. The number of amides is 2. The van der Waals surface area contributed by atoms with E-state index >= 15 is 0 Å². The van der Waals surface area contributed by atoms with E-state index in [9.17, 15) is 9.59 Å². The molecule has 81 valence electrons. The third-order valence-electron chi connectivity index (χ3n) is 0.986. The van der Waals surface area contributed by atoms with Gasteiger partial charge in [0.2, 0.25) is 0 Å². The van der Waals surface area contributed by atoms with Crippen LogP contribution in [0.2, 0.25) is 26.2 Å². The fourth-order valence-electron chi connectivity index (χ4n) is 0. The quantitative estimate of drug-likeness (QED) is 0.725.